The molecule has 1 aromatic carbocycles. The zero-order valence-electron chi connectivity index (χ0n) is 14.7. The van der Waals surface area contributed by atoms with Gasteiger partial charge in [-0.25, -0.2) is 4.79 Å². The van der Waals surface area contributed by atoms with Gasteiger partial charge in [0, 0.05) is 25.3 Å². The second-order valence-corrected chi connectivity index (χ2v) is 6.58. The van der Waals surface area contributed by atoms with Gasteiger partial charge in [-0.15, -0.1) is 0 Å². The Kier molecular flexibility index (Phi) is 6.46. The Morgan fingerprint density at radius 3 is 2.62 bits per heavy atom. The Balaban J connectivity index is 1.88. The van der Waals surface area contributed by atoms with Crippen molar-refractivity contribution in [2.24, 2.45) is 11.8 Å². The molecule has 0 saturated carbocycles. The molecule has 1 fully saturated rings. The maximum absolute atomic E-state index is 12.4. The lowest BCUT2D eigenvalue weighted by Gasteiger charge is -2.32. The summed E-state index contributed by atoms with van der Waals surface area (Å²) in [5, 5.41) is 5.83. The van der Waals surface area contributed by atoms with Gasteiger partial charge >= 0.3 is 6.03 Å². The predicted molar refractivity (Wildman–Crippen MR) is 94.2 cm³/mol. The van der Waals surface area contributed by atoms with Crippen LogP contribution in [-0.2, 0) is 4.79 Å². The Labute approximate surface area is 143 Å². The van der Waals surface area contributed by atoms with Gasteiger partial charge in [0.15, 0.2) is 0 Å². The van der Waals surface area contributed by atoms with E-state index in [2.05, 4.69) is 24.5 Å². The summed E-state index contributed by atoms with van der Waals surface area (Å²) in [5.74, 6) is 1.09. The summed E-state index contributed by atoms with van der Waals surface area (Å²) >= 11 is 0. The van der Waals surface area contributed by atoms with Crippen LogP contribution in [-0.4, -0.2) is 43.6 Å². The lowest BCUT2D eigenvalue weighted by molar-refractivity contribution is -0.126. The molecule has 3 amide bonds. The van der Waals surface area contributed by atoms with E-state index < -0.39 is 0 Å². The Morgan fingerprint density at radius 2 is 2.00 bits per heavy atom. The molecule has 0 spiro atoms. The van der Waals surface area contributed by atoms with Crippen molar-refractivity contribution in [3.63, 3.8) is 0 Å². The molecule has 0 radical (unpaired) electrons. The fourth-order valence-corrected chi connectivity index (χ4v) is 2.70. The molecule has 1 heterocycles. The monoisotopic (exact) mass is 333 g/mol. The van der Waals surface area contributed by atoms with E-state index in [0.717, 1.165) is 18.6 Å². The number of amides is 3. The number of rotatable bonds is 5. The van der Waals surface area contributed by atoms with Gasteiger partial charge in [0.1, 0.15) is 5.75 Å². The Bertz CT molecular complexity index is 557. The van der Waals surface area contributed by atoms with Gasteiger partial charge in [0.05, 0.1) is 13.0 Å². The highest BCUT2D eigenvalue weighted by Crippen LogP contribution is 2.19. The van der Waals surface area contributed by atoms with Crippen molar-refractivity contribution < 1.29 is 14.3 Å². The SMILES string of the molecule is COc1ccc(NC(=O)N2CCC[C@@H](C(=O)NCC(C)C)C2)cc1. The molecular formula is C18H27N3O3. The van der Waals surface area contributed by atoms with Crippen LogP contribution in [0.4, 0.5) is 10.5 Å². The highest BCUT2D eigenvalue weighted by molar-refractivity contribution is 5.90. The van der Waals surface area contributed by atoms with Crippen LogP contribution >= 0.6 is 0 Å². The Hall–Kier alpha value is -2.24. The number of likely N-dealkylation sites (tertiary alicyclic amines) is 1. The van der Waals surface area contributed by atoms with Gasteiger partial charge in [-0.1, -0.05) is 13.8 Å². The average Bonchev–Trinajstić information content (AvgIpc) is 2.60. The highest BCUT2D eigenvalue weighted by Gasteiger charge is 2.28. The zero-order valence-corrected chi connectivity index (χ0v) is 14.7. The van der Waals surface area contributed by atoms with Crippen molar-refractivity contribution in [1.29, 1.82) is 0 Å². The van der Waals surface area contributed by atoms with Crippen molar-refractivity contribution in [3.05, 3.63) is 24.3 Å². The summed E-state index contributed by atoms with van der Waals surface area (Å²) in [5.41, 5.74) is 0.715. The van der Waals surface area contributed by atoms with Crippen LogP contribution in [0.15, 0.2) is 24.3 Å². The summed E-state index contributed by atoms with van der Waals surface area (Å²) in [4.78, 5) is 26.3. The van der Waals surface area contributed by atoms with E-state index in [9.17, 15) is 9.59 Å². The zero-order chi connectivity index (χ0) is 17.5. The molecule has 2 rings (SSSR count). The molecule has 1 aliphatic rings. The van der Waals surface area contributed by atoms with E-state index >= 15 is 0 Å². The number of urea groups is 1. The molecule has 6 nitrogen and oxygen atoms in total. The van der Waals surface area contributed by atoms with Gasteiger partial charge in [-0.2, -0.15) is 0 Å². The Morgan fingerprint density at radius 1 is 1.29 bits per heavy atom. The molecular weight excluding hydrogens is 306 g/mol. The number of hydrogen-bond acceptors (Lipinski definition) is 3. The van der Waals surface area contributed by atoms with Gasteiger partial charge < -0.3 is 20.3 Å². The van der Waals surface area contributed by atoms with Gasteiger partial charge in [0.2, 0.25) is 5.91 Å². The first-order valence-corrected chi connectivity index (χ1v) is 8.47. The number of nitrogens with one attached hydrogen (secondary N) is 2. The van der Waals surface area contributed by atoms with Crippen molar-refractivity contribution in [3.8, 4) is 5.75 Å². The minimum atomic E-state index is -0.165. The van der Waals surface area contributed by atoms with Gasteiger partial charge in [-0.05, 0) is 43.0 Å². The molecule has 0 aromatic heterocycles. The fraction of sp³-hybridized carbons (Fsp3) is 0.556. The maximum atomic E-state index is 12.4. The third-order valence-corrected chi connectivity index (χ3v) is 4.11. The van der Waals surface area contributed by atoms with E-state index in [-0.39, 0.29) is 17.9 Å². The second-order valence-electron chi connectivity index (χ2n) is 6.58. The number of carbonyl (C=O) groups excluding carboxylic acids is 2. The van der Waals surface area contributed by atoms with E-state index in [1.807, 2.05) is 0 Å². The third-order valence-electron chi connectivity index (χ3n) is 4.11. The molecule has 6 heteroatoms. The van der Waals surface area contributed by atoms with Crippen molar-refractivity contribution in [1.82, 2.24) is 10.2 Å². The summed E-state index contributed by atoms with van der Waals surface area (Å²) in [6.07, 6.45) is 1.67. The van der Waals surface area contributed by atoms with Crippen molar-refractivity contribution >= 4 is 17.6 Å². The molecule has 1 aromatic rings. The van der Waals surface area contributed by atoms with Crippen LogP contribution in [0, 0.1) is 11.8 Å². The van der Waals surface area contributed by atoms with Crippen molar-refractivity contribution in [2.45, 2.75) is 26.7 Å². The first-order chi connectivity index (χ1) is 11.5. The van der Waals surface area contributed by atoms with E-state index in [0.29, 0.717) is 31.2 Å². The van der Waals surface area contributed by atoms with Crippen LogP contribution in [0.1, 0.15) is 26.7 Å². The van der Waals surface area contributed by atoms with Crippen LogP contribution < -0.4 is 15.4 Å². The summed E-state index contributed by atoms with van der Waals surface area (Å²) < 4.78 is 5.10. The van der Waals surface area contributed by atoms with Crippen LogP contribution in [0.2, 0.25) is 0 Å². The van der Waals surface area contributed by atoms with E-state index in [1.165, 1.54) is 0 Å². The predicted octanol–water partition coefficient (Wildman–Crippen LogP) is 2.71. The lowest BCUT2D eigenvalue weighted by atomic mass is 9.97. The summed E-state index contributed by atoms with van der Waals surface area (Å²) in [6, 6.07) is 7.03. The summed E-state index contributed by atoms with van der Waals surface area (Å²) in [7, 11) is 1.60. The van der Waals surface area contributed by atoms with Crippen LogP contribution in [0.25, 0.3) is 0 Å². The molecule has 0 unspecified atom stereocenters. The van der Waals surface area contributed by atoms with Crippen molar-refractivity contribution in [2.75, 3.05) is 32.1 Å². The molecule has 132 valence electrons. The van der Waals surface area contributed by atoms with E-state index in [1.54, 1.807) is 36.3 Å². The number of ether oxygens (including phenoxy) is 1. The molecule has 1 atom stereocenters. The standard InChI is InChI=1S/C18H27N3O3/c1-13(2)11-19-17(22)14-5-4-10-21(12-14)18(23)20-15-6-8-16(24-3)9-7-15/h6-9,13-14H,4-5,10-12H2,1-3H3,(H,19,22)(H,20,23)/t14-/m1/s1. The lowest BCUT2D eigenvalue weighted by Crippen LogP contribution is -2.47. The smallest absolute Gasteiger partial charge is 0.321 e. The van der Waals surface area contributed by atoms with Gasteiger partial charge in [-0.3, -0.25) is 4.79 Å². The molecule has 1 aliphatic heterocycles. The largest absolute Gasteiger partial charge is 0.497 e. The molecule has 24 heavy (non-hydrogen) atoms. The normalized spacial score (nSPS) is 17.5. The number of anilines is 1. The number of hydrogen-bond donors (Lipinski definition) is 2. The van der Waals surface area contributed by atoms with Crippen LogP contribution in [0.5, 0.6) is 5.75 Å². The molecule has 0 aliphatic carbocycles. The first-order valence-electron chi connectivity index (χ1n) is 8.47. The third kappa shape index (κ3) is 5.15. The van der Waals surface area contributed by atoms with Gasteiger partial charge in [0.25, 0.3) is 0 Å². The summed E-state index contributed by atoms with van der Waals surface area (Å²) in [6.45, 7) is 5.95. The maximum Gasteiger partial charge on any atom is 0.321 e. The second kappa shape index (κ2) is 8.57. The molecule has 2 N–H and O–H groups in total. The minimum Gasteiger partial charge on any atom is -0.497 e. The topological polar surface area (TPSA) is 70.7 Å². The van der Waals surface area contributed by atoms with Crippen LogP contribution in [0.3, 0.4) is 0 Å². The number of carbonyl (C=O) groups is 2. The number of piperidine rings is 1. The average molecular weight is 333 g/mol. The van der Waals surface area contributed by atoms with E-state index in [4.69, 9.17) is 4.74 Å². The number of nitrogens with zero attached hydrogens (tertiary/aromatic N) is 1. The minimum absolute atomic E-state index is 0.0469. The molecule has 0 bridgehead atoms. The number of benzene rings is 1. The molecule has 1 saturated heterocycles. The highest BCUT2D eigenvalue weighted by atomic mass is 16.5. The quantitative estimate of drug-likeness (QED) is 0.870. The first kappa shape index (κ1) is 18.1. The number of methoxy groups -OCH3 is 1. The fourth-order valence-electron chi connectivity index (χ4n) is 2.70.